The summed E-state index contributed by atoms with van der Waals surface area (Å²) in [5.41, 5.74) is 7.06. The van der Waals surface area contributed by atoms with Crippen LogP contribution >= 0.6 is 15.9 Å². The molecule has 0 spiro atoms. The molecule has 0 saturated carbocycles. The van der Waals surface area contributed by atoms with Crippen molar-refractivity contribution in [2.45, 2.75) is 32.2 Å². The van der Waals surface area contributed by atoms with Crippen LogP contribution in [0.3, 0.4) is 0 Å². The van der Waals surface area contributed by atoms with Gasteiger partial charge >= 0.3 is 0 Å². The third-order valence-electron chi connectivity index (χ3n) is 2.01. The zero-order valence-electron chi connectivity index (χ0n) is 7.96. The van der Waals surface area contributed by atoms with Gasteiger partial charge in [-0.25, -0.2) is 0 Å². The van der Waals surface area contributed by atoms with Gasteiger partial charge in [0.1, 0.15) is 0 Å². The predicted octanol–water partition coefficient (Wildman–Crippen LogP) is 3.12. The Morgan fingerprint density at radius 3 is 2.85 bits per heavy atom. The van der Waals surface area contributed by atoms with Crippen molar-refractivity contribution in [1.82, 2.24) is 0 Å². The summed E-state index contributed by atoms with van der Waals surface area (Å²) in [7, 11) is 0. The van der Waals surface area contributed by atoms with Gasteiger partial charge < -0.3 is 5.73 Å². The van der Waals surface area contributed by atoms with E-state index in [1.54, 1.807) is 0 Å². The van der Waals surface area contributed by atoms with E-state index in [2.05, 4.69) is 47.1 Å². The molecule has 72 valence electrons. The molecule has 1 aromatic rings. The molecule has 2 heteroatoms. The number of nitrogens with two attached hydrogens (primary N) is 1. The van der Waals surface area contributed by atoms with E-state index in [1.165, 1.54) is 12.0 Å². The minimum absolute atomic E-state index is 0.326. The molecule has 0 aliphatic carbocycles. The predicted molar refractivity (Wildman–Crippen MR) is 60.7 cm³/mol. The Kier molecular flexibility index (Phi) is 4.46. The molecule has 0 unspecified atom stereocenters. The molecule has 0 fully saturated rings. The molecule has 0 aromatic heterocycles. The average Bonchev–Trinajstić information content (AvgIpc) is 2.03. The summed E-state index contributed by atoms with van der Waals surface area (Å²) in [6.45, 7) is 2.06. The van der Waals surface area contributed by atoms with Gasteiger partial charge in [0.15, 0.2) is 0 Å². The van der Waals surface area contributed by atoms with E-state index in [9.17, 15) is 0 Å². The normalized spacial score (nSPS) is 12.8. The van der Waals surface area contributed by atoms with Gasteiger partial charge in [-0.15, -0.1) is 0 Å². The highest BCUT2D eigenvalue weighted by Gasteiger charge is 1.96. The molecule has 2 N–H and O–H groups in total. The monoisotopic (exact) mass is 241 g/mol. The first-order valence-electron chi connectivity index (χ1n) is 4.68. The Balaban J connectivity index is 2.37. The zero-order chi connectivity index (χ0) is 9.68. The van der Waals surface area contributed by atoms with Gasteiger partial charge in [-0.3, -0.25) is 0 Å². The molecule has 0 saturated heterocycles. The molecule has 0 bridgehead atoms. The maximum absolute atomic E-state index is 5.68. The van der Waals surface area contributed by atoms with Gasteiger partial charge in [-0.1, -0.05) is 28.1 Å². The molecule has 13 heavy (non-hydrogen) atoms. The second kappa shape index (κ2) is 5.40. The smallest absolute Gasteiger partial charge is 0.0177 e. The first kappa shape index (κ1) is 10.7. The fourth-order valence-corrected chi connectivity index (χ4v) is 1.77. The molecule has 1 atom stereocenters. The van der Waals surface area contributed by atoms with Crippen LogP contribution in [0.4, 0.5) is 0 Å². The number of aryl methyl sites for hydroxylation is 1. The standard InChI is InChI=1S/C11H16BrN/c1-9(13)4-2-5-10-6-3-7-11(12)8-10/h3,6-9H,2,4-5,13H2,1H3/t9-/m0/s1. The van der Waals surface area contributed by atoms with E-state index in [0.29, 0.717) is 6.04 Å². The van der Waals surface area contributed by atoms with Crippen molar-refractivity contribution in [3.8, 4) is 0 Å². The van der Waals surface area contributed by atoms with Crippen LogP contribution in [0.15, 0.2) is 28.7 Å². The SMILES string of the molecule is C[C@H](N)CCCc1cccc(Br)c1. The molecule has 0 amide bonds. The second-order valence-electron chi connectivity index (χ2n) is 3.50. The highest BCUT2D eigenvalue weighted by Crippen LogP contribution is 2.13. The molecule has 0 heterocycles. The van der Waals surface area contributed by atoms with Crippen LogP contribution in [-0.2, 0) is 6.42 Å². The van der Waals surface area contributed by atoms with Crippen molar-refractivity contribution < 1.29 is 0 Å². The molecule has 0 radical (unpaired) electrons. The minimum Gasteiger partial charge on any atom is -0.328 e. The van der Waals surface area contributed by atoms with E-state index >= 15 is 0 Å². The first-order chi connectivity index (χ1) is 6.18. The second-order valence-corrected chi connectivity index (χ2v) is 4.42. The lowest BCUT2D eigenvalue weighted by Crippen LogP contribution is -2.14. The maximum atomic E-state index is 5.68. The summed E-state index contributed by atoms with van der Waals surface area (Å²) in [4.78, 5) is 0. The fraction of sp³-hybridized carbons (Fsp3) is 0.455. The molecule has 0 aliphatic heterocycles. The highest BCUT2D eigenvalue weighted by molar-refractivity contribution is 9.10. The maximum Gasteiger partial charge on any atom is 0.0177 e. The van der Waals surface area contributed by atoms with E-state index in [-0.39, 0.29) is 0 Å². The number of rotatable bonds is 4. The minimum atomic E-state index is 0.326. The van der Waals surface area contributed by atoms with Gasteiger partial charge in [0.05, 0.1) is 0 Å². The lowest BCUT2D eigenvalue weighted by Gasteiger charge is -2.04. The van der Waals surface area contributed by atoms with Crippen LogP contribution in [0.25, 0.3) is 0 Å². The Morgan fingerprint density at radius 2 is 2.23 bits per heavy atom. The summed E-state index contributed by atoms with van der Waals surface area (Å²) in [6.07, 6.45) is 3.40. The van der Waals surface area contributed by atoms with Crippen molar-refractivity contribution in [3.63, 3.8) is 0 Å². The van der Waals surface area contributed by atoms with Crippen molar-refractivity contribution in [2.75, 3.05) is 0 Å². The molecule has 1 aromatic carbocycles. The number of benzene rings is 1. The lowest BCUT2D eigenvalue weighted by molar-refractivity contribution is 0.624. The quantitative estimate of drug-likeness (QED) is 0.862. The fourth-order valence-electron chi connectivity index (χ4n) is 1.32. The van der Waals surface area contributed by atoms with Crippen LogP contribution in [0.1, 0.15) is 25.3 Å². The van der Waals surface area contributed by atoms with Crippen LogP contribution in [-0.4, -0.2) is 6.04 Å². The summed E-state index contributed by atoms with van der Waals surface area (Å²) in [5, 5.41) is 0. The van der Waals surface area contributed by atoms with Gasteiger partial charge in [0.2, 0.25) is 0 Å². The summed E-state index contributed by atoms with van der Waals surface area (Å²) >= 11 is 3.46. The molecular formula is C11H16BrN. The van der Waals surface area contributed by atoms with Crippen LogP contribution < -0.4 is 5.73 Å². The van der Waals surface area contributed by atoms with Crippen molar-refractivity contribution in [1.29, 1.82) is 0 Å². The number of hydrogen-bond acceptors (Lipinski definition) is 1. The molecular weight excluding hydrogens is 226 g/mol. The Hall–Kier alpha value is -0.340. The number of halogens is 1. The third-order valence-corrected chi connectivity index (χ3v) is 2.51. The largest absolute Gasteiger partial charge is 0.328 e. The zero-order valence-corrected chi connectivity index (χ0v) is 9.55. The third kappa shape index (κ3) is 4.44. The molecule has 1 nitrogen and oxygen atoms in total. The topological polar surface area (TPSA) is 26.0 Å². The Morgan fingerprint density at radius 1 is 1.46 bits per heavy atom. The van der Waals surface area contributed by atoms with E-state index in [1.807, 2.05) is 0 Å². The van der Waals surface area contributed by atoms with E-state index in [4.69, 9.17) is 5.73 Å². The lowest BCUT2D eigenvalue weighted by atomic mass is 10.1. The van der Waals surface area contributed by atoms with Crippen molar-refractivity contribution >= 4 is 15.9 Å². The van der Waals surface area contributed by atoms with Gasteiger partial charge in [-0.05, 0) is 43.9 Å². The summed E-state index contributed by atoms with van der Waals surface area (Å²) in [6, 6.07) is 8.78. The summed E-state index contributed by atoms with van der Waals surface area (Å²) < 4.78 is 1.16. The van der Waals surface area contributed by atoms with E-state index in [0.717, 1.165) is 17.3 Å². The van der Waals surface area contributed by atoms with Crippen LogP contribution in [0.2, 0.25) is 0 Å². The van der Waals surface area contributed by atoms with Crippen LogP contribution in [0.5, 0.6) is 0 Å². The highest BCUT2D eigenvalue weighted by atomic mass is 79.9. The van der Waals surface area contributed by atoms with Crippen LogP contribution in [0, 0.1) is 0 Å². The van der Waals surface area contributed by atoms with E-state index < -0.39 is 0 Å². The van der Waals surface area contributed by atoms with Gasteiger partial charge in [0, 0.05) is 10.5 Å². The summed E-state index contributed by atoms with van der Waals surface area (Å²) in [5.74, 6) is 0. The Bertz CT molecular complexity index is 258. The van der Waals surface area contributed by atoms with Crippen molar-refractivity contribution in [2.24, 2.45) is 5.73 Å². The first-order valence-corrected chi connectivity index (χ1v) is 5.48. The molecule has 1 rings (SSSR count). The number of hydrogen-bond donors (Lipinski definition) is 1. The Labute approximate surface area is 88.5 Å². The average molecular weight is 242 g/mol. The van der Waals surface area contributed by atoms with Gasteiger partial charge in [-0.2, -0.15) is 0 Å². The molecule has 0 aliphatic rings. The van der Waals surface area contributed by atoms with Crippen molar-refractivity contribution in [3.05, 3.63) is 34.3 Å². The van der Waals surface area contributed by atoms with Gasteiger partial charge in [0.25, 0.3) is 0 Å².